The summed E-state index contributed by atoms with van der Waals surface area (Å²) in [6, 6.07) is 28.8. The lowest BCUT2D eigenvalue weighted by molar-refractivity contribution is 0.241. The Morgan fingerprint density at radius 1 is 0.821 bits per heavy atom. The molecule has 3 N–H and O–H groups in total. The van der Waals surface area contributed by atoms with Gasteiger partial charge in [-0.1, -0.05) is 91.1 Å². The molecule has 0 aromatic heterocycles. The van der Waals surface area contributed by atoms with Crippen molar-refractivity contribution in [3.8, 4) is 0 Å². The number of amides is 2. The number of rotatable bonds is 4. The van der Waals surface area contributed by atoms with E-state index in [9.17, 15) is 4.79 Å². The largest absolute Gasteiger partial charge is 0.346 e. The summed E-state index contributed by atoms with van der Waals surface area (Å²) in [5.74, 6) is 0. The van der Waals surface area contributed by atoms with E-state index >= 15 is 0 Å². The Balaban J connectivity index is 1.83. The Labute approximate surface area is 169 Å². The molecule has 1 unspecified atom stereocenters. The van der Waals surface area contributed by atoms with E-state index in [4.69, 9.17) is 12.2 Å². The second-order valence-electron chi connectivity index (χ2n) is 6.42. The number of hydrogen-bond acceptors (Lipinski definition) is 2. The molecular weight excluding hydrogens is 366 g/mol. The Kier molecular flexibility index (Phi) is 5.17. The van der Waals surface area contributed by atoms with Gasteiger partial charge in [0.2, 0.25) is 0 Å². The van der Waals surface area contributed by atoms with E-state index in [-0.39, 0.29) is 12.1 Å². The van der Waals surface area contributed by atoms with Crippen molar-refractivity contribution >= 4 is 34.6 Å². The van der Waals surface area contributed by atoms with Crippen molar-refractivity contribution in [2.24, 2.45) is 0 Å². The van der Waals surface area contributed by atoms with Crippen LogP contribution in [0.3, 0.4) is 0 Å². The number of carbonyl (C=O) groups is 1. The lowest BCUT2D eigenvalue weighted by atomic mass is 9.92. The second-order valence-corrected chi connectivity index (χ2v) is 6.83. The first-order chi connectivity index (χ1) is 13.7. The van der Waals surface area contributed by atoms with Crippen LogP contribution in [0.4, 0.5) is 10.5 Å². The van der Waals surface area contributed by atoms with E-state index in [2.05, 4.69) is 16.0 Å². The zero-order valence-electron chi connectivity index (χ0n) is 15.1. The van der Waals surface area contributed by atoms with Crippen LogP contribution in [0.2, 0.25) is 0 Å². The van der Waals surface area contributed by atoms with E-state index in [1.54, 1.807) is 0 Å². The van der Waals surface area contributed by atoms with Crippen LogP contribution in [0, 0.1) is 0 Å². The molecule has 2 amide bonds. The molecule has 4 rings (SSSR count). The smallest absolute Gasteiger partial charge is 0.320 e. The average Bonchev–Trinajstić information content (AvgIpc) is 2.75. The summed E-state index contributed by atoms with van der Waals surface area (Å²) in [6.07, 6.45) is 0. The Morgan fingerprint density at radius 3 is 2.04 bits per heavy atom. The minimum atomic E-state index is -0.353. The predicted molar refractivity (Wildman–Crippen MR) is 117 cm³/mol. The number of urea groups is 1. The highest BCUT2D eigenvalue weighted by Crippen LogP contribution is 2.32. The van der Waals surface area contributed by atoms with Gasteiger partial charge in [-0.05, 0) is 23.3 Å². The number of carbonyl (C=O) groups excluding carboxylic acids is 1. The molecule has 0 radical (unpaired) electrons. The Bertz CT molecular complexity index is 1020. The molecule has 0 fully saturated rings. The third-order valence-corrected chi connectivity index (χ3v) is 4.87. The molecule has 0 saturated carbocycles. The summed E-state index contributed by atoms with van der Waals surface area (Å²) in [5.41, 5.74) is 4.32. The number of thiocarbonyl (C=S) groups is 1. The monoisotopic (exact) mass is 385 g/mol. The molecule has 1 aliphatic rings. The number of nitrogens with one attached hydrogen (secondary N) is 3. The minimum Gasteiger partial charge on any atom is -0.346 e. The van der Waals surface area contributed by atoms with Crippen LogP contribution in [0.5, 0.6) is 0 Å². The maximum atomic E-state index is 12.4. The molecule has 138 valence electrons. The van der Waals surface area contributed by atoms with Crippen molar-refractivity contribution in [3.63, 3.8) is 0 Å². The van der Waals surface area contributed by atoms with E-state index in [0.717, 1.165) is 22.4 Å². The Hall–Kier alpha value is -3.44. The molecule has 1 aliphatic heterocycles. The van der Waals surface area contributed by atoms with Crippen molar-refractivity contribution < 1.29 is 4.79 Å². The van der Waals surface area contributed by atoms with Gasteiger partial charge in [0.15, 0.2) is 0 Å². The standard InChI is InChI=1S/C23H19N3OS/c27-23-25-20(16-10-4-1-5-11-16)19(21(26-23)17-12-6-2-7-13-17)22(28)24-18-14-8-3-9-15-18/h1-15,20H,(H,24,28)(H2,25,26,27). The van der Waals surface area contributed by atoms with Crippen LogP contribution in [0.1, 0.15) is 17.2 Å². The van der Waals surface area contributed by atoms with Gasteiger partial charge in [-0.25, -0.2) is 4.79 Å². The zero-order chi connectivity index (χ0) is 19.3. The number of benzene rings is 3. The molecule has 0 bridgehead atoms. The quantitative estimate of drug-likeness (QED) is 0.561. The van der Waals surface area contributed by atoms with Gasteiger partial charge >= 0.3 is 6.03 Å². The summed E-state index contributed by atoms with van der Waals surface area (Å²) in [6.45, 7) is 0. The van der Waals surface area contributed by atoms with Crippen LogP contribution < -0.4 is 16.0 Å². The van der Waals surface area contributed by atoms with Gasteiger partial charge in [0.25, 0.3) is 0 Å². The van der Waals surface area contributed by atoms with Gasteiger partial charge in [-0.15, -0.1) is 0 Å². The fourth-order valence-corrected chi connectivity index (χ4v) is 3.59. The predicted octanol–water partition coefficient (Wildman–Crippen LogP) is 4.89. The first-order valence-corrected chi connectivity index (χ1v) is 9.41. The molecule has 0 saturated heterocycles. The molecule has 0 spiro atoms. The van der Waals surface area contributed by atoms with E-state index < -0.39 is 0 Å². The fourth-order valence-electron chi connectivity index (χ4n) is 3.26. The minimum absolute atomic E-state index is 0.251. The summed E-state index contributed by atoms with van der Waals surface area (Å²) in [5, 5.41) is 9.27. The van der Waals surface area contributed by atoms with E-state index in [1.807, 2.05) is 91.0 Å². The fraction of sp³-hybridized carbons (Fsp3) is 0.0435. The van der Waals surface area contributed by atoms with Gasteiger partial charge in [0.1, 0.15) is 4.99 Å². The van der Waals surface area contributed by atoms with Crippen LogP contribution >= 0.6 is 12.2 Å². The summed E-state index contributed by atoms with van der Waals surface area (Å²) in [7, 11) is 0. The highest BCUT2D eigenvalue weighted by molar-refractivity contribution is 7.81. The molecule has 1 heterocycles. The van der Waals surface area contributed by atoms with Crippen LogP contribution in [0.25, 0.3) is 5.70 Å². The van der Waals surface area contributed by atoms with Crippen molar-refractivity contribution in [1.82, 2.24) is 10.6 Å². The number of para-hydroxylation sites is 1. The summed E-state index contributed by atoms with van der Waals surface area (Å²) in [4.78, 5) is 13.0. The molecule has 1 atom stereocenters. The first-order valence-electron chi connectivity index (χ1n) is 9.01. The van der Waals surface area contributed by atoms with Gasteiger partial charge in [0.05, 0.1) is 11.7 Å². The number of hydrogen-bond donors (Lipinski definition) is 3. The molecule has 3 aromatic rings. The molecule has 0 aliphatic carbocycles. The van der Waals surface area contributed by atoms with Gasteiger partial charge < -0.3 is 16.0 Å². The van der Waals surface area contributed by atoms with E-state index in [0.29, 0.717) is 10.7 Å². The number of anilines is 1. The maximum absolute atomic E-state index is 12.4. The van der Waals surface area contributed by atoms with E-state index in [1.165, 1.54) is 0 Å². The summed E-state index contributed by atoms with van der Waals surface area (Å²) >= 11 is 5.79. The molecular formula is C23H19N3OS. The lowest BCUT2D eigenvalue weighted by Crippen LogP contribution is -2.45. The SMILES string of the molecule is O=C1NC(c2ccccc2)=C(C(=S)Nc2ccccc2)C(c2ccccc2)N1. The van der Waals surface area contributed by atoms with Gasteiger partial charge in [0, 0.05) is 11.3 Å². The Morgan fingerprint density at radius 2 is 1.39 bits per heavy atom. The third-order valence-electron chi connectivity index (χ3n) is 4.54. The van der Waals surface area contributed by atoms with Crippen LogP contribution in [-0.2, 0) is 0 Å². The van der Waals surface area contributed by atoms with Crippen molar-refractivity contribution in [2.75, 3.05) is 5.32 Å². The zero-order valence-corrected chi connectivity index (χ0v) is 15.9. The second kappa shape index (κ2) is 8.06. The highest BCUT2D eigenvalue weighted by Gasteiger charge is 2.31. The van der Waals surface area contributed by atoms with Crippen molar-refractivity contribution in [1.29, 1.82) is 0 Å². The highest BCUT2D eigenvalue weighted by atomic mass is 32.1. The van der Waals surface area contributed by atoms with Gasteiger partial charge in [-0.2, -0.15) is 0 Å². The van der Waals surface area contributed by atoms with Crippen molar-refractivity contribution in [3.05, 3.63) is 108 Å². The average molecular weight is 385 g/mol. The summed E-state index contributed by atoms with van der Waals surface area (Å²) < 4.78 is 0. The topological polar surface area (TPSA) is 53.2 Å². The molecule has 3 aromatic carbocycles. The first kappa shape index (κ1) is 17.9. The van der Waals surface area contributed by atoms with Gasteiger partial charge in [-0.3, -0.25) is 0 Å². The lowest BCUT2D eigenvalue weighted by Gasteiger charge is -2.31. The van der Waals surface area contributed by atoms with Crippen molar-refractivity contribution in [2.45, 2.75) is 6.04 Å². The van der Waals surface area contributed by atoms with Crippen LogP contribution in [0.15, 0.2) is 96.6 Å². The molecule has 5 heteroatoms. The third kappa shape index (κ3) is 3.80. The van der Waals surface area contributed by atoms with Crippen LogP contribution in [-0.4, -0.2) is 11.0 Å². The molecule has 28 heavy (non-hydrogen) atoms. The molecule has 4 nitrogen and oxygen atoms in total. The maximum Gasteiger partial charge on any atom is 0.320 e. The normalized spacial score (nSPS) is 16.1.